The van der Waals surface area contributed by atoms with Gasteiger partial charge in [0.05, 0.1) is 18.2 Å². The first-order valence-electron chi connectivity index (χ1n) is 7.17. The fourth-order valence-corrected chi connectivity index (χ4v) is 2.09. The molecule has 25 heavy (non-hydrogen) atoms. The molecule has 8 nitrogen and oxygen atoms in total. The summed E-state index contributed by atoms with van der Waals surface area (Å²) in [6, 6.07) is 11.4. The predicted molar refractivity (Wildman–Crippen MR) is 97.9 cm³/mol. The number of hydrazone groups is 1. The Balaban J connectivity index is 1.91. The van der Waals surface area contributed by atoms with Crippen molar-refractivity contribution >= 4 is 29.2 Å². The molecule has 0 amide bonds. The first-order chi connectivity index (χ1) is 12.0. The summed E-state index contributed by atoms with van der Waals surface area (Å²) in [5.74, 6) is 0.305. The smallest absolute Gasteiger partial charge is 0.311 e. The highest BCUT2D eigenvalue weighted by Crippen LogP contribution is 2.27. The van der Waals surface area contributed by atoms with Crippen molar-refractivity contribution in [2.24, 2.45) is 5.10 Å². The molecule has 130 valence electrons. The average Bonchev–Trinajstić information content (AvgIpc) is 2.61. The molecule has 0 saturated heterocycles. The second-order valence-corrected chi connectivity index (χ2v) is 5.28. The fourth-order valence-electron chi connectivity index (χ4n) is 1.97. The van der Waals surface area contributed by atoms with E-state index in [2.05, 4.69) is 15.8 Å². The monoisotopic (exact) mass is 360 g/mol. The number of nitro benzene ring substituents is 1. The average molecular weight is 360 g/mol. The lowest BCUT2D eigenvalue weighted by Crippen LogP contribution is -2.31. The standard InChI is InChI=1S/C16H16N4O4S/c1-24-15-7-6-11(8-13(15)20(22)23)9-17-16(25)19-18-10-12-4-2-3-5-14(12)21/h2-8,10,21H,9H2,1H3,(H2,17,19,25)/b18-10+. The van der Waals surface area contributed by atoms with Crippen molar-refractivity contribution < 1.29 is 14.8 Å². The van der Waals surface area contributed by atoms with Crippen LogP contribution in [0.4, 0.5) is 5.69 Å². The Labute approximate surface area is 149 Å². The lowest BCUT2D eigenvalue weighted by atomic mass is 10.2. The zero-order chi connectivity index (χ0) is 18.2. The molecule has 0 atom stereocenters. The van der Waals surface area contributed by atoms with Crippen molar-refractivity contribution in [3.8, 4) is 11.5 Å². The molecule has 0 aliphatic rings. The normalized spacial score (nSPS) is 10.4. The van der Waals surface area contributed by atoms with Crippen LogP contribution in [-0.4, -0.2) is 28.5 Å². The lowest BCUT2D eigenvalue weighted by molar-refractivity contribution is -0.385. The van der Waals surface area contributed by atoms with Gasteiger partial charge in [0.2, 0.25) is 0 Å². The Hall–Kier alpha value is -3.20. The van der Waals surface area contributed by atoms with Crippen LogP contribution < -0.4 is 15.5 Å². The highest BCUT2D eigenvalue weighted by Gasteiger charge is 2.14. The number of nitrogens with zero attached hydrogens (tertiary/aromatic N) is 2. The molecular weight excluding hydrogens is 344 g/mol. The summed E-state index contributed by atoms with van der Waals surface area (Å²) in [7, 11) is 1.38. The zero-order valence-corrected chi connectivity index (χ0v) is 14.1. The largest absolute Gasteiger partial charge is 0.507 e. The first kappa shape index (κ1) is 18.1. The highest BCUT2D eigenvalue weighted by molar-refractivity contribution is 7.80. The zero-order valence-electron chi connectivity index (χ0n) is 13.3. The molecule has 0 bridgehead atoms. The summed E-state index contributed by atoms with van der Waals surface area (Å²) in [5.41, 5.74) is 3.71. The van der Waals surface area contributed by atoms with Crippen molar-refractivity contribution in [2.75, 3.05) is 7.11 Å². The molecule has 2 rings (SSSR count). The van der Waals surface area contributed by atoms with Crippen LogP contribution in [0.3, 0.4) is 0 Å². The van der Waals surface area contributed by atoms with E-state index in [9.17, 15) is 15.2 Å². The van der Waals surface area contributed by atoms with Gasteiger partial charge in [0.25, 0.3) is 0 Å². The summed E-state index contributed by atoms with van der Waals surface area (Å²) in [5, 5.41) is 27.7. The van der Waals surface area contributed by atoms with E-state index < -0.39 is 4.92 Å². The van der Waals surface area contributed by atoms with Crippen molar-refractivity contribution in [3.05, 3.63) is 63.7 Å². The SMILES string of the molecule is COc1ccc(CNC(=S)N/N=C/c2ccccc2O)cc1[N+](=O)[O-]. The Kier molecular flexibility index (Phi) is 6.24. The number of hydrogen-bond donors (Lipinski definition) is 3. The summed E-state index contributed by atoms with van der Waals surface area (Å²) < 4.78 is 4.95. The minimum atomic E-state index is -0.504. The molecule has 0 saturated carbocycles. The van der Waals surface area contributed by atoms with Crippen LogP contribution >= 0.6 is 12.2 Å². The summed E-state index contributed by atoms with van der Waals surface area (Å²) >= 11 is 5.08. The molecule has 9 heteroatoms. The van der Waals surface area contributed by atoms with Gasteiger partial charge < -0.3 is 15.2 Å². The van der Waals surface area contributed by atoms with E-state index in [-0.39, 0.29) is 28.8 Å². The van der Waals surface area contributed by atoms with E-state index in [0.717, 1.165) is 0 Å². The minimum Gasteiger partial charge on any atom is -0.507 e. The molecular formula is C16H16N4O4S. The molecule has 3 N–H and O–H groups in total. The van der Waals surface area contributed by atoms with Gasteiger partial charge in [0, 0.05) is 18.2 Å². The van der Waals surface area contributed by atoms with Crippen LogP contribution in [0.1, 0.15) is 11.1 Å². The molecule has 0 unspecified atom stereocenters. The van der Waals surface area contributed by atoms with Crippen LogP contribution in [-0.2, 0) is 6.54 Å². The van der Waals surface area contributed by atoms with E-state index in [1.807, 2.05) is 0 Å². The number of phenols is 1. The second-order valence-electron chi connectivity index (χ2n) is 4.87. The third-order valence-electron chi connectivity index (χ3n) is 3.20. The predicted octanol–water partition coefficient (Wildman–Crippen LogP) is 2.31. The van der Waals surface area contributed by atoms with Crippen LogP contribution in [0.2, 0.25) is 0 Å². The summed E-state index contributed by atoms with van der Waals surface area (Å²) in [6.07, 6.45) is 1.43. The molecule has 0 heterocycles. The molecule has 0 aromatic heterocycles. The maximum Gasteiger partial charge on any atom is 0.311 e. The fraction of sp³-hybridized carbons (Fsp3) is 0.125. The maximum atomic E-state index is 11.0. The van der Waals surface area contributed by atoms with Gasteiger partial charge in [-0.25, -0.2) is 0 Å². The molecule has 0 aliphatic carbocycles. The number of para-hydroxylation sites is 1. The summed E-state index contributed by atoms with van der Waals surface area (Å²) in [4.78, 5) is 10.5. The van der Waals surface area contributed by atoms with Gasteiger partial charge >= 0.3 is 5.69 Å². The second kappa shape index (κ2) is 8.60. The first-order valence-corrected chi connectivity index (χ1v) is 7.58. The third kappa shape index (κ3) is 5.15. The number of ether oxygens (including phenoxy) is 1. The number of benzene rings is 2. The van der Waals surface area contributed by atoms with Crippen molar-refractivity contribution in [2.45, 2.75) is 6.54 Å². The van der Waals surface area contributed by atoms with Gasteiger partial charge in [-0.3, -0.25) is 15.5 Å². The molecule has 2 aromatic rings. The van der Waals surface area contributed by atoms with Gasteiger partial charge in [-0.05, 0) is 36.0 Å². The van der Waals surface area contributed by atoms with Crippen LogP contribution in [0.15, 0.2) is 47.6 Å². The van der Waals surface area contributed by atoms with E-state index in [4.69, 9.17) is 17.0 Å². The van der Waals surface area contributed by atoms with Gasteiger partial charge in [-0.2, -0.15) is 5.10 Å². The number of aromatic hydroxyl groups is 1. The van der Waals surface area contributed by atoms with E-state index in [0.29, 0.717) is 11.1 Å². The number of thiocarbonyl (C=S) groups is 1. The van der Waals surface area contributed by atoms with Crippen molar-refractivity contribution in [1.82, 2.24) is 10.7 Å². The topological polar surface area (TPSA) is 109 Å². The van der Waals surface area contributed by atoms with Crippen molar-refractivity contribution in [1.29, 1.82) is 0 Å². The van der Waals surface area contributed by atoms with Gasteiger partial charge in [-0.1, -0.05) is 18.2 Å². The number of hydrogen-bond acceptors (Lipinski definition) is 6. The molecule has 2 aromatic carbocycles. The van der Waals surface area contributed by atoms with Gasteiger partial charge in [-0.15, -0.1) is 0 Å². The minimum absolute atomic E-state index is 0.109. The lowest BCUT2D eigenvalue weighted by Gasteiger charge is -2.08. The number of nitrogens with one attached hydrogen (secondary N) is 2. The molecule has 0 spiro atoms. The quantitative estimate of drug-likeness (QED) is 0.314. The van der Waals surface area contributed by atoms with E-state index in [1.54, 1.807) is 30.3 Å². The Morgan fingerprint density at radius 1 is 1.40 bits per heavy atom. The Bertz CT molecular complexity index is 810. The van der Waals surface area contributed by atoms with Crippen LogP contribution in [0, 0.1) is 10.1 Å². The Morgan fingerprint density at radius 3 is 2.84 bits per heavy atom. The Morgan fingerprint density at radius 2 is 2.16 bits per heavy atom. The molecule has 0 radical (unpaired) electrons. The molecule has 0 fully saturated rings. The van der Waals surface area contributed by atoms with Gasteiger partial charge in [0.1, 0.15) is 5.75 Å². The third-order valence-corrected chi connectivity index (χ3v) is 3.44. The van der Waals surface area contributed by atoms with E-state index in [1.165, 1.54) is 25.5 Å². The number of rotatable bonds is 6. The molecule has 0 aliphatic heterocycles. The summed E-state index contributed by atoms with van der Waals surface area (Å²) in [6.45, 7) is 0.281. The number of phenolic OH excluding ortho intramolecular Hbond substituents is 1. The highest BCUT2D eigenvalue weighted by atomic mass is 32.1. The maximum absolute atomic E-state index is 11.0. The van der Waals surface area contributed by atoms with Crippen LogP contribution in [0.25, 0.3) is 0 Å². The van der Waals surface area contributed by atoms with Gasteiger partial charge in [0.15, 0.2) is 10.9 Å². The number of nitro groups is 1. The van der Waals surface area contributed by atoms with Crippen molar-refractivity contribution in [3.63, 3.8) is 0 Å². The van der Waals surface area contributed by atoms with Crippen LogP contribution in [0.5, 0.6) is 11.5 Å². The number of methoxy groups -OCH3 is 1. The van der Waals surface area contributed by atoms with E-state index >= 15 is 0 Å².